The molecule has 0 spiro atoms. The molecule has 0 amide bonds. The molecular weight excluding hydrogens is 260 g/mol. The lowest BCUT2D eigenvalue weighted by Crippen LogP contribution is -2.29. The first kappa shape index (κ1) is 11.9. The molecular formula is C14H14N2S2. The Balaban J connectivity index is 1.96. The van der Waals surface area contributed by atoms with Crippen molar-refractivity contribution >= 4 is 32.8 Å². The molecule has 3 rings (SSSR count). The normalized spacial score (nSPS) is 12.9. The number of nitrogens with one attached hydrogen (secondary N) is 1. The Kier molecular flexibility index (Phi) is 3.43. The van der Waals surface area contributed by atoms with Crippen LogP contribution in [0.3, 0.4) is 0 Å². The zero-order valence-electron chi connectivity index (χ0n) is 9.80. The van der Waals surface area contributed by atoms with E-state index in [-0.39, 0.29) is 6.04 Å². The van der Waals surface area contributed by atoms with E-state index in [4.69, 9.17) is 5.84 Å². The first-order valence-corrected chi connectivity index (χ1v) is 7.64. The Morgan fingerprint density at radius 2 is 2.06 bits per heavy atom. The molecule has 1 atom stereocenters. The lowest BCUT2D eigenvalue weighted by atomic mass is 10.0. The molecule has 3 aromatic rings. The maximum absolute atomic E-state index is 5.73. The summed E-state index contributed by atoms with van der Waals surface area (Å²) < 4.78 is 1.32. The number of rotatable bonds is 4. The van der Waals surface area contributed by atoms with Crippen molar-refractivity contribution in [3.8, 4) is 0 Å². The highest BCUT2D eigenvalue weighted by atomic mass is 32.1. The lowest BCUT2D eigenvalue weighted by molar-refractivity contribution is 0.557. The third kappa shape index (κ3) is 2.20. The molecule has 2 nitrogen and oxygen atoms in total. The van der Waals surface area contributed by atoms with E-state index in [1.807, 2.05) is 0 Å². The van der Waals surface area contributed by atoms with Crippen LogP contribution >= 0.6 is 22.7 Å². The van der Waals surface area contributed by atoms with Gasteiger partial charge in [0.05, 0.1) is 6.04 Å². The maximum atomic E-state index is 5.73. The maximum Gasteiger partial charge on any atom is 0.0514 e. The van der Waals surface area contributed by atoms with Gasteiger partial charge in [-0.05, 0) is 51.2 Å². The molecule has 4 heteroatoms. The molecule has 0 fully saturated rings. The van der Waals surface area contributed by atoms with Gasteiger partial charge in [0.25, 0.3) is 0 Å². The van der Waals surface area contributed by atoms with Gasteiger partial charge in [0.2, 0.25) is 0 Å². The molecule has 0 aliphatic carbocycles. The molecule has 92 valence electrons. The van der Waals surface area contributed by atoms with Crippen molar-refractivity contribution in [1.82, 2.24) is 5.43 Å². The number of fused-ring (bicyclic) bond motifs is 1. The molecule has 0 radical (unpaired) electrons. The van der Waals surface area contributed by atoms with Crippen LogP contribution in [0.15, 0.2) is 46.5 Å². The molecule has 0 saturated carbocycles. The number of thiophene rings is 2. The number of hydrazine groups is 1. The van der Waals surface area contributed by atoms with Gasteiger partial charge in [0.1, 0.15) is 0 Å². The van der Waals surface area contributed by atoms with Gasteiger partial charge in [-0.2, -0.15) is 11.3 Å². The summed E-state index contributed by atoms with van der Waals surface area (Å²) in [5, 5.41) is 7.80. The monoisotopic (exact) mass is 274 g/mol. The van der Waals surface area contributed by atoms with Crippen LogP contribution < -0.4 is 11.3 Å². The standard InChI is InChI=1S/C14H14N2S2/c15-16-13(7-10-5-6-17-8-10)12-9-18-14-4-2-1-3-11(12)14/h1-6,8-9,13,16H,7,15H2. The molecule has 0 aliphatic rings. The van der Waals surface area contributed by atoms with Gasteiger partial charge in [-0.3, -0.25) is 11.3 Å². The molecule has 1 unspecified atom stereocenters. The van der Waals surface area contributed by atoms with Crippen molar-refractivity contribution in [3.05, 3.63) is 57.6 Å². The topological polar surface area (TPSA) is 38.0 Å². The van der Waals surface area contributed by atoms with Crippen LogP contribution in [0.2, 0.25) is 0 Å². The summed E-state index contributed by atoms with van der Waals surface area (Å²) in [6, 6.07) is 10.8. The van der Waals surface area contributed by atoms with Crippen LogP contribution in [-0.2, 0) is 6.42 Å². The summed E-state index contributed by atoms with van der Waals surface area (Å²) in [7, 11) is 0. The van der Waals surface area contributed by atoms with Gasteiger partial charge in [-0.1, -0.05) is 18.2 Å². The van der Waals surface area contributed by atoms with Crippen molar-refractivity contribution in [2.24, 2.45) is 5.84 Å². The van der Waals surface area contributed by atoms with Crippen molar-refractivity contribution in [2.45, 2.75) is 12.5 Å². The lowest BCUT2D eigenvalue weighted by Gasteiger charge is -2.14. The second kappa shape index (κ2) is 5.20. The van der Waals surface area contributed by atoms with Crippen LogP contribution in [0.5, 0.6) is 0 Å². The average Bonchev–Trinajstić information content (AvgIpc) is 3.05. The molecule has 2 aromatic heterocycles. The third-order valence-electron chi connectivity index (χ3n) is 3.11. The van der Waals surface area contributed by atoms with Gasteiger partial charge >= 0.3 is 0 Å². The van der Waals surface area contributed by atoms with Crippen molar-refractivity contribution in [1.29, 1.82) is 0 Å². The van der Waals surface area contributed by atoms with E-state index < -0.39 is 0 Å². The Morgan fingerprint density at radius 3 is 2.83 bits per heavy atom. The van der Waals surface area contributed by atoms with Crippen molar-refractivity contribution < 1.29 is 0 Å². The first-order valence-electron chi connectivity index (χ1n) is 5.82. The highest BCUT2D eigenvalue weighted by molar-refractivity contribution is 7.17. The van der Waals surface area contributed by atoms with E-state index in [0.29, 0.717) is 0 Å². The van der Waals surface area contributed by atoms with Crippen LogP contribution in [0.25, 0.3) is 10.1 Å². The highest BCUT2D eigenvalue weighted by Crippen LogP contribution is 2.31. The Bertz CT molecular complexity index is 628. The number of hydrogen-bond donors (Lipinski definition) is 2. The van der Waals surface area contributed by atoms with Gasteiger partial charge < -0.3 is 0 Å². The molecule has 2 heterocycles. The minimum atomic E-state index is 0.177. The highest BCUT2D eigenvalue weighted by Gasteiger charge is 2.15. The fourth-order valence-electron chi connectivity index (χ4n) is 2.17. The second-order valence-electron chi connectivity index (χ2n) is 4.24. The van der Waals surface area contributed by atoms with Gasteiger partial charge in [-0.15, -0.1) is 11.3 Å². The molecule has 0 bridgehead atoms. The summed E-state index contributed by atoms with van der Waals surface area (Å²) in [6.07, 6.45) is 0.931. The molecule has 18 heavy (non-hydrogen) atoms. The third-order valence-corrected chi connectivity index (χ3v) is 4.82. The van der Waals surface area contributed by atoms with Crippen molar-refractivity contribution in [3.63, 3.8) is 0 Å². The summed E-state index contributed by atoms with van der Waals surface area (Å²) in [5.41, 5.74) is 5.57. The predicted molar refractivity (Wildman–Crippen MR) is 79.9 cm³/mol. The van der Waals surface area contributed by atoms with Gasteiger partial charge in [0.15, 0.2) is 0 Å². The summed E-state index contributed by atoms with van der Waals surface area (Å²) in [5.74, 6) is 5.73. The van der Waals surface area contributed by atoms with Crippen LogP contribution in [0, 0.1) is 0 Å². The minimum Gasteiger partial charge on any atom is -0.271 e. The van der Waals surface area contributed by atoms with E-state index in [2.05, 4.69) is 51.9 Å². The summed E-state index contributed by atoms with van der Waals surface area (Å²) >= 11 is 3.50. The van der Waals surface area contributed by atoms with Crippen LogP contribution in [0.1, 0.15) is 17.2 Å². The molecule has 0 aliphatic heterocycles. The van der Waals surface area contributed by atoms with E-state index in [1.165, 1.54) is 21.2 Å². The zero-order chi connectivity index (χ0) is 12.4. The number of hydrogen-bond acceptors (Lipinski definition) is 4. The number of nitrogens with two attached hydrogens (primary N) is 1. The quantitative estimate of drug-likeness (QED) is 0.562. The fraction of sp³-hybridized carbons (Fsp3) is 0.143. The molecule has 3 N–H and O–H groups in total. The predicted octanol–water partition coefficient (Wildman–Crippen LogP) is 3.71. The van der Waals surface area contributed by atoms with Crippen LogP contribution in [0.4, 0.5) is 0 Å². The fourth-order valence-corrected chi connectivity index (χ4v) is 3.87. The Morgan fingerprint density at radius 1 is 1.17 bits per heavy atom. The Hall–Kier alpha value is -1.20. The molecule has 1 aromatic carbocycles. The molecule has 0 saturated heterocycles. The van der Waals surface area contributed by atoms with E-state index in [9.17, 15) is 0 Å². The summed E-state index contributed by atoms with van der Waals surface area (Å²) in [4.78, 5) is 0. The number of benzene rings is 1. The zero-order valence-corrected chi connectivity index (χ0v) is 11.4. The smallest absolute Gasteiger partial charge is 0.0514 e. The van der Waals surface area contributed by atoms with Crippen LogP contribution in [-0.4, -0.2) is 0 Å². The summed E-state index contributed by atoms with van der Waals surface area (Å²) in [6.45, 7) is 0. The van der Waals surface area contributed by atoms with Crippen molar-refractivity contribution in [2.75, 3.05) is 0 Å². The second-order valence-corrected chi connectivity index (χ2v) is 5.93. The van der Waals surface area contributed by atoms with Gasteiger partial charge in [-0.25, -0.2) is 0 Å². The van der Waals surface area contributed by atoms with E-state index in [1.54, 1.807) is 22.7 Å². The largest absolute Gasteiger partial charge is 0.271 e. The van der Waals surface area contributed by atoms with E-state index in [0.717, 1.165) is 6.42 Å². The van der Waals surface area contributed by atoms with Gasteiger partial charge in [0, 0.05) is 4.70 Å². The average molecular weight is 274 g/mol. The first-order chi connectivity index (χ1) is 8.88. The Labute approximate surface area is 114 Å². The SMILES string of the molecule is NNC(Cc1ccsc1)c1csc2ccccc12. The van der Waals surface area contributed by atoms with E-state index >= 15 is 0 Å². The minimum absolute atomic E-state index is 0.177.